The van der Waals surface area contributed by atoms with E-state index in [-0.39, 0.29) is 10.8 Å². The monoisotopic (exact) mass is 299 g/mol. The molecule has 1 amide bonds. The lowest BCUT2D eigenvalue weighted by atomic mass is 10.1. The standard InChI is InChI=1S/C13H21N3O3S/c1-9(14)12(17)15-10-6-5-7-11(8-10)20(18,19)16-13(2,3)4/h5-9,16H,14H2,1-4H3,(H,15,17)/t9-/m0/s1. The first-order chi connectivity index (χ1) is 9.01. The number of nitrogens with two attached hydrogens (primary N) is 1. The third kappa shape index (κ3) is 4.92. The first-order valence-electron chi connectivity index (χ1n) is 6.22. The van der Waals surface area contributed by atoms with E-state index in [9.17, 15) is 13.2 Å². The predicted molar refractivity (Wildman–Crippen MR) is 78.8 cm³/mol. The van der Waals surface area contributed by atoms with Crippen LogP contribution in [0.25, 0.3) is 0 Å². The number of carbonyl (C=O) groups excluding carboxylic acids is 1. The Balaban J connectivity index is 3.02. The summed E-state index contributed by atoms with van der Waals surface area (Å²) in [5, 5.41) is 2.56. The van der Waals surface area contributed by atoms with Crippen molar-refractivity contribution in [3.8, 4) is 0 Å². The third-order valence-electron chi connectivity index (χ3n) is 2.27. The minimum Gasteiger partial charge on any atom is -0.325 e. The molecule has 20 heavy (non-hydrogen) atoms. The number of nitrogens with one attached hydrogen (secondary N) is 2. The van der Waals surface area contributed by atoms with Gasteiger partial charge in [-0.1, -0.05) is 6.07 Å². The smallest absolute Gasteiger partial charge is 0.241 e. The highest BCUT2D eigenvalue weighted by atomic mass is 32.2. The van der Waals surface area contributed by atoms with E-state index in [2.05, 4.69) is 10.0 Å². The zero-order chi connectivity index (χ0) is 15.6. The maximum absolute atomic E-state index is 12.2. The SMILES string of the molecule is C[C@H](N)C(=O)Nc1cccc(S(=O)(=O)NC(C)(C)C)c1. The van der Waals surface area contributed by atoms with Crippen LogP contribution < -0.4 is 15.8 Å². The van der Waals surface area contributed by atoms with Crippen LogP contribution in [-0.4, -0.2) is 25.9 Å². The number of anilines is 1. The van der Waals surface area contributed by atoms with Gasteiger partial charge in [0, 0.05) is 11.2 Å². The molecular formula is C13H21N3O3S. The topological polar surface area (TPSA) is 101 Å². The summed E-state index contributed by atoms with van der Waals surface area (Å²) in [5.74, 6) is -0.372. The summed E-state index contributed by atoms with van der Waals surface area (Å²) in [6.45, 7) is 6.82. The average molecular weight is 299 g/mol. The number of benzene rings is 1. The van der Waals surface area contributed by atoms with Crippen molar-refractivity contribution >= 4 is 21.6 Å². The molecule has 6 nitrogen and oxygen atoms in total. The highest BCUT2D eigenvalue weighted by Gasteiger charge is 2.22. The van der Waals surface area contributed by atoms with E-state index in [0.29, 0.717) is 5.69 Å². The summed E-state index contributed by atoms with van der Waals surface area (Å²) in [7, 11) is -3.63. The van der Waals surface area contributed by atoms with Crippen LogP contribution in [0.15, 0.2) is 29.2 Å². The molecular weight excluding hydrogens is 278 g/mol. The summed E-state index contributed by atoms with van der Waals surface area (Å²) in [5.41, 5.74) is 5.26. The molecule has 0 spiro atoms. The Bertz CT molecular complexity index is 589. The predicted octanol–water partition coefficient (Wildman–Crippen LogP) is 1.05. The zero-order valence-electron chi connectivity index (χ0n) is 12.1. The average Bonchev–Trinajstić information content (AvgIpc) is 2.26. The van der Waals surface area contributed by atoms with Crippen LogP contribution in [0.1, 0.15) is 27.7 Å². The van der Waals surface area contributed by atoms with Crippen LogP contribution in [0.5, 0.6) is 0 Å². The molecule has 7 heteroatoms. The first kappa shape index (κ1) is 16.6. The minimum absolute atomic E-state index is 0.0925. The molecule has 1 rings (SSSR count). The molecule has 0 saturated heterocycles. The van der Waals surface area contributed by atoms with Gasteiger partial charge in [0.1, 0.15) is 0 Å². The lowest BCUT2D eigenvalue weighted by molar-refractivity contribution is -0.117. The van der Waals surface area contributed by atoms with Crippen LogP contribution in [0, 0.1) is 0 Å². The summed E-state index contributed by atoms with van der Waals surface area (Å²) in [4.78, 5) is 11.6. The highest BCUT2D eigenvalue weighted by Crippen LogP contribution is 2.17. The van der Waals surface area contributed by atoms with Crippen LogP contribution in [0.2, 0.25) is 0 Å². The van der Waals surface area contributed by atoms with Crippen LogP contribution >= 0.6 is 0 Å². The molecule has 1 aromatic carbocycles. The highest BCUT2D eigenvalue weighted by molar-refractivity contribution is 7.89. The van der Waals surface area contributed by atoms with Gasteiger partial charge in [0.25, 0.3) is 0 Å². The summed E-state index contributed by atoms with van der Waals surface area (Å²) in [6.07, 6.45) is 0. The van der Waals surface area contributed by atoms with E-state index >= 15 is 0 Å². The summed E-state index contributed by atoms with van der Waals surface area (Å²) >= 11 is 0. The molecule has 0 heterocycles. The molecule has 0 saturated carbocycles. The van der Waals surface area contributed by atoms with Gasteiger partial charge < -0.3 is 11.1 Å². The van der Waals surface area contributed by atoms with E-state index in [1.165, 1.54) is 12.1 Å². The fraction of sp³-hybridized carbons (Fsp3) is 0.462. The molecule has 1 atom stereocenters. The molecule has 0 aliphatic heterocycles. The van der Waals surface area contributed by atoms with Crippen LogP contribution in [0.3, 0.4) is 0 Å². The van der Waals surface area contributed by atoms with Gasteiger partial charge in [0.05, 0.1) is 10.9 Å². The Hall–Kier alpha value is -1.44. The van der Waals surface area contributed by atoms with Gasteiger partial charge in [0.2, 0.25) is 15.9 Å². The maximum atomic E-state index is 12.2. The second-order valence-corrected chi connectivity index (χ2v) is 7.34. The molecule has 0 unspecified atom stereocenters. The number of rotatable bonds is 4. The van der Waals surface area contributed by atoms with Crippen molar-refractivity contribution in [1.29, 1.82) is 0 Å². The maximum Gasteiger partial charge on any atom is 0.241 e. The van der Waals surface area contributed by atoms with E-state index in [0.717, 1.165) is 0 Å². The molecule has 0 fully saturated rings. The second kappa shape index (κ2) is 5.90. The summed E-state index contributed by atoms with van der Waals surface area (Å²) in [6, 6.07) is 5.37. The molecule has 112 valence electrons. The van der Waals surface area contributed by atoms with Crippen molar-refractivity contribution in [1.82, 2.24) is 4.72 Å². The number of hydrogen-bond donors (Lipinski definition) is 3. The number of carbonyl (C=O) groups is 1. The van der Waals surface area contributed by atoms with Gasteiger partial charge in [-0.3, -0.25) is 4.79 Å². The van der Waals surface area contributed by atoms with Gasteiger partial charge in [-0.2, -0.15) is 0 Å². The number of amides is 1. The fourth-order valence-electron chi connectivity index (χ4n) is 1.46. The molecule has 0 aromatic heterocycles. The van der Waals surface area contributed by atoms with Crippen molar-refractivity contribution < 1.29 is 13.2 Å². The third-order valence-corrected chi connectivity index (χ3v) is 4.02. The van der Waals surface area contributed by atoms with E-state index in [1.807, 2.05) is 0 Å². The van der Waals surface area contributed by atoms with Crippen molar-refractivity contribution in [2.75, 3.05) is 5.32 Å². The van der Waals surface area contributed by atoms with Crippen LogP contribution in [0.4, 0.5) is 5.69 Å². The zero-order valence-corrected chi connectivity index (χ0v) is 12.9. The molecule has 0 radical (unpaired) electrons. The van der Waals surface area contributed by atoms with Crippen molar-refractivity contribution in [2.24, 2.45) is 5.73 Å². The Morgan fingerprint density at radius 2 is 1.90 bits per heavy atom. The molecule has 4 N–H and O–H groups in total. The van der Waals surface area contributed by atoms with Crippen molar-refractivity contribution in [3.05, 3.63) is 24.3 Å². The fourth-order valence-corrected chi connectivity index (χ4v) is 2.92. The van der Waals surface area contributed by atoms with E-state index in [1.54, 1.807) is 39.8 Å². The summed E-state index contributed by atoms with van der Waals surface area (Å²) < 4.78 is 26.9. The molecule has 1 aromatic rings. The van der Waals surface area contributed by atoms with Gasteiger partial charge in [-0.15, -0.1) is 0 Å². The van der Waals surface area contributed by atoms with Crippen LogP contribution in [-0.2, 0) is 14.8 Å². The van der Waals surface area contributed by atoms with E-state index < -0.39 is 21.6 Å². The molecule has 0 aliphatic carbocycles. The van der Waals surface area contributed by atoms with E-state index in [4.69, 9.17) is 5.73 Å². The molecule has 0 bridgehead atoms. The Morgan fingerprint density at radius 3 is 2.40 bits per heavy atom. The normalized spacial score (nSPS) is 13.8. The Morgan fingerprint density at radius 1 is 1.30 bits per heavy atom. The van der Waals surface area contributed by atoms with Gasteiger partial charge >= 0.3 is 0 Å². The Labute approximate surface area is 119 Å². The van der Waals surface area contributed by atoms with Crippen molar-refractivity contribution in [2.45, 2.75) is 44.2 Å². The molecule has 0 aliphatic rings. The lowest BCUT2D eigenvalue weighted by Gasteiger charge is -2.20. The van der Waals surface area contributed by atoms with Gasteiger partial charge in [-0.25, -0.2) is 13.1 Å². The Kier molecular flexibility index (Phi) is 4.90. The largest absolute Gasteiger partial charge is 0.325 e. The van der Waals surface area contributed by atoms with Gasteiger partial charge in [-0.05, 0) is 45.9 Å². The number of hydrogen-bond acceptors (Lipinski definition) is 4. The van der Waals surface area contributed by atoms with Gasteiger partial charge in [0.15, 0.2) is 0 Å². The quantitative estimate of drug-likeness (QED) is 0.773. The minimum atomic E-state index is -3.63. The second-order valence-electron chi connectivity index (χ2n) is 5.66. The van der Waals surface area contributed by atoms with Crippen molar-refractivity contribution in [3.63, 3.8) is 0 Å². The lowest BCUT2D eigenvalue weighted by Crippen LogP contribution is -2.40. The first-order valence-corrected chi connectivity index (χ1v) is 7.70. The number of sulfonamides is 1.